The topological polar surface area (TPSA) is 44.8 Å². The molecular weight excluding hydrogens is 148 g/mol. The highest BCUT2D eigenvalue weighted by atomic mass is 16.8. The first-order valence-corrected chi connectivity index (χ1v) is 3.24. The van der Waals surface area contributed by atoms with Crippen molar-refractivity contribution in [3.05, 3.63) is 12.8 Å². The van der Waals surface area contributed by atoms with Gasteiger partial charge in [-0.05, 0) is 6.92 Å². The maximum atomic E-state index is 10.5. The summed E-state index contributed by atoms with van der Waals surface area (Å²) in [5, 5.41) is 0. The molecule has 1 unspecified atom stereocenters. The van der Waals surface area contributed by atoms with Crippen LogP contribution in [0.25, 0.3) is 0 Å². The Balaban J connectivity index is 2.41. The van der Waals surface area contributed by atoms with E-state index in [1.54, 1.807) is 6.92 Å². The van der Waals surface area contributed by atoms with Crippen LogP contribution < -0.4 is 0 Å². The van der Waals surface area contributed by atoms with Crippen molar-refractivity contribution < 1.29 is 19.0 Å². The molecule has 0 aromatic rings. The Morgan fingerprint density at radius 3 is 3.09 bits per heavy atom. The lowest BCUT2D eigenvalue weighted by Gasteiger charge is -2.17. The van der Waals surface area contributed by atoms with Gasteiger partial charge in [0, 0.05) is 0 Å². The summed E-state index contributed by atoms with van der Waals surface area (Å²) in [6, 6.07) is 0. The van der Waals surface area contributed by atoms with Crippen LogP contribution in [-0.2, 0) is 14.2 Å². The van der Waals surface area contributed by atoms with Gasteiger partial charge in [0.05, 0.1) is 6.26 Å². The predicted molar refractivity (Wildman–Crippen MR) is 37.0 cm³/mol. The molecule has 0 saturated carbocycles. The summed E-state index contributed by atoms with van der Waals surface area (Å²) in [5.74, 6) is 0. The zero-order chi connectivity index (χ0) is 8.32. The zero-order valence-corrected chi connectivity index (χ0v) is 6.33. The SMILES string of the molecule is C=COCC1(C)COC(=O)O1. The fraction of sp³-hybridized carbons (Fsp3) is 0.571. The van der Waals surface area contributed by atoms with Gasteiger partial charge in [-0.15, -0.1) is 0 Å². The minimum atomic E-state index is -0.648. The molecule has 4 heteroatoms. The summed E-state index contributed by atoms with van der Waals surface area (Å²) in [6.07, 6.45) is 0.664. The summed E-state index contributed by atoms with van der Waals surface area (Å²) < 4.78 is 14.3. The van der Waals surface area contributed by atoms with Gasteiger partial charge >= 0.3 is 6.16 Å². The van der Waals surface area contributed by atoms with Crippen LogP contribution >= 0.6 is 0 Å². The van der Waals surface area contributed by atoms with Gasteiger partial charge in [-0.1, -0.05) is 6.58 Å². The van der Waals surface area contributed by atoms with Crippen LogP contribution in [0.4, 0.5) is 4.79 Å². The Morgan fingerprint density at radius 2 is 2.64 bits per heavy atom. The van der Waals surface area contributed by atoms with Crippen LogP contribution in [0.15, 0.2) is 12.8 Å². The standard InChI is InChI=1S/C7H10O4/c1-3-9-4-7(2)5-10-6(8)11-7/h3H,1,4-5H2,2H3. The van der Waals surface area contributed by atoms with Crippen molar-refractivity contribution in [2.24, 2.45) is 0 Å². The van der Waals surface area contributed by atoms with Crippen molar-refractivity contribution in [3.63, 3.8) is 0 Å². The third kappa shape index (κ3) is 1.86. The Bertz CT molecular complexity index is 177. The molecule has 11 heavy (non-hydrogen) atoms. The summed E-state index contributed by atoms with van der Waals surface area (Å²) >= 11 is 0. The Kier molecular flexibility index (Phi) is 2.03. The average molecular weight is 158 g/mol. The highest BCUT2D eigenvalue weighted by molar-refractivity contribution is 5.62. The van der Waals surface area contributed by atoms with Crippen molar-refractivity contribution in [2.45, 2.75) is 12.5 Å². The predicted octanol–water partition coefficient (Wildman–Crippen LogP) is 1.07. The van der Waals surface area contributed by atoms with Crippen molar-refractivity contribution in [2.75, 3.05) is 13.2 Å². The summed E-state index contributed by atoms with van der Waals surface area (Å²) in [4.78, 5) is 10.5. The van der Waals surface area contributed by atoms with E-state index in [0.29, 0.717) is 0 Å². The second kappa shape index (κ2) is 2.82. The summed E-state index contributed by atoms with van der Waals surface area (Å²) in [7, 11) is 0. The first-order chi connectivity index (χ1) is 5.16. The van der Waals surface area contributed by atoms with Gasteiger partial charge in [-0.25, -0.2) is 4.79 Å². The number of cyclic esters (lactones) is 2. The van der Waals surface area contributed by atoms with E-state index in [9.17, 15) is 4.79 Å². The second-order valence-corrected chi connectivity index (χ2v) is 2.57. The van der Waals surface area contributed by atoms with Crippen molar-refractivity contribution in [3.8, 4) is 0 Å². The maximum absolute atomic E-state index is 10.5. The molecule has 1 aliphatic rings. The molecule has 0 spiro atoms. The van der Waals surface area contributed by atoms with E-state index in [0.717, 1.165) is 0 Å². The number of carbonyl (C=O) groups is 1. The van der Waals surface area contributed by atoms with Crippen molar-refractivity contribution in [1.82, 2.24) is 0 Å². The highest BCUT2D eigenvalue weighted by Crippen LogP contribution is 2.19. The van der Waals surface area contributed by atoms with Gasteiger partial charge < -0.3 is 14.2 Å². The average Bonchev–Trinajstić information content (AvgIpc) is 2.28. The molecule has 0 bridgehead atoms. The lowest BCUT2D eigenvalue weighted by Crippen LogP contribution is -2.32. The Morgan fingerprint density at radius 1 is 1.91 bits per heavy atom. The van der Waals surface area contributed by atoms with Crippen molar-refractivity contribution >= 4 is 6.16 Å². The molecule has 1 heterocycles. The molecule has 4 nitrogen and oxygen atoms in total. The molecule has 62 valence electrons. The largest absolute Gasteiger partial charge is 0.509 e. The normalized spacial score (nSPS) is 29.0. The van der Waals surface area contributed by atoms with Gasteiger partial charge in [0.25, 0.3) is 0 Å². The second-order valence-electron chi connectivity index (χ2n) is 2.57. The molecule has 0 aliphatic carbocycles. The van der Waals surface area contributed by atoms with Crippen LogP contribution in [-0.4, -0.2) is 25.0 Å². The number of hydrogen-bond acceptors (Lipinski definition) is 4. The number of carbonyl (C=O) groups excluding carboxylic acids is 1. The molecule has 0 N–H and O–H groups in total. The van der Waals surface area contributed by atoms with Crippen molar-refractivity contribution in [1.29, 1.82) is 0 Å². The maximum Gasteiger partial charge on any atom is 0.509 e. The lowest BCUT2D eigenvalue weighted by molar-refractivity contribution is 0.0158. The molecule has 0 aromatic carbocycles. The van der Waals surface area contributed by atoms with E-state index in [4.69, 9.17) is 9.47 Å². The Hall–Kier alpha value is -1.19. The molecule has 1 aliphatic heterocycles. The molecule has 0 amide bonds. The molecule has 1 rings (SSSR count). The molecule has 1 atom stereocenters. The number of ether oxygens (including phenoxy) is 3. The number of hydrogen-bond donors (Lipinski definition) is 0. The quantitative estimate of drug-likeness (QED) is 0.455. The third-order valence-corrected chi connectivity index (χ3v) is 1.33. The molecule has 0 aromatic heterocycles. The van der Waals surface area contributed by atoms with E-state index in [1.165, 1.54) is 6.26 Å². The number of rotatable bonds is 3. The van der Waals surface area contributed by atoms with E-state index < -0.39 is 11.8 Å². The van der Waals surface area contributed by atoms with Crippen LogP contribution in [0, 0.1) is 0 Å². The van der Waals surface area contributed by atoms with Crippen LogP contribution in [0.1, 0.15) is 6.92 Å². The molecule has 1 saturated heterocycles. The minimum Gasteiger partial charge on any atom is -0.498 e. The minimum absolute atomic E-state index is 0.236. The Labute approximate surface area is 64.7 Å². The first kappa shape index (κ1) is 7.91. The first-order valence-electron chi connectivity index (χ1n) is 3.24. The van der Waals surface area contributed by atoms with Gasteiger partial charge in [0.15, 0.2) is 5.60 Å². The van der Waals surface area contributed by atoms with E-state index >= 15 is 0 Å². The fourth-order valence-corrected chi connectivity index (χ4v) is 0.778. The van der Waals surface area contributed by atoms with Gasteiger partial charge in [-0.3, -0.25) is 0 Å². The highest BCUT2D eigenvalue weighted by Gasteiger charge is 2.38. The summed E-state index contributed by atoms with van der Waals surface area (Å²) in [6.45, 7) is 5.62. The lowest BCUT2D eigenvalue weighted by atomic mass is 10.1. The van der Waals surface area contributed by atoms with Gasteiger partial charge in [0.2, 0.25) is 0 Å². The molecule has 1 fully saturated rings. The van der Waals surface area contributed by atoms with Crippen LogP contribution in [0.2, 0.25) is 0 Å². The van der Waals surface area contributed by atoms with E-state index in [-0.39, 0.29) is 13.2 Å². The monoisotopic (exact) mass is 158 g/mol. The zero-order valence-electron chi connectivity index (χ0n) is 6.33. The fourth-order valence-electron chi connectivity index (χ4n) is 0.778. The van der Waals surface area contributed by atoms with Gasteiger partial charge in [0.1, 0.15) is 13.2 Å². The van der Waals surface area contributed by atoms with Crippen LogP contribution in [0.3, 0.4) is 0 Å². The van der Waals surface area contributed by atoms with E-state index in [2.05, 4.69) is 11.3 Å². The molecule has 0 radical (unpaired) electrons. The third-order valence-electron chi connectivity index (χ3n) is 1.33. The smallest absolute Gasteiger partial charge is 0.498 e. The summed E-state index contributed by atoms with van der Waals surface area (Å²) in [5.41, 5.74) is -0.648. The van der Waals surface area contributed by atoms with E-state index in [1.807, 2.05) is 0 Å². The van der Waals surface area contributed by atoms with Crippen LogP contribution in [0.5, 0.6) is 0 Å². The van der Waals surface area contributed by atoms with Gasteiger partial charge in [-0.2, -0.15) is 0 Å². The molecular formula is C7H10O4.